The molecule has 0 aromatic rings. The highest BCUT2D eigenvalue weighted by molar-refractivity contribution is 5.78. The lowest BCUT2D eigenvalue weighted by Gasteiger charge is -2.36. The highest BCUT2D eigenvalue weighted by Crippen LogP contribution is 2.18. The summed E-state index contributed by atoms with van der Waals surface area (Å²) in [6.45, 7) is 1.99. The van der Waals surface area contributed by atoms with Crippen LogP contribution in [0.15, 0.2) is 0 Å². The van der Waals surface area contributed by atoms with E-state index in [4.69, 9.17) is 19.3 Å². The van der Waals surface area contributed by atoms with E-state index in [1.807, 2.05) is 0 Å². The molecule has 0 bridgehead atoms. The van der Waals surface area contributed by atoms with Gasteiger partial charge in [0.05, 0.1) is 19.3 Å². The fourth-order valence-electron chi connectivity index (χ4n) is 2.12. The molecule has 2 aliphatic heterocycles. The Hall–Kier alpha value is -1.18. The standard InChI is InChI=1S/C12H19NO6/c14-11(7-18-8-12(15)16)13-3-1-9(2-4-13)19-10-5-17-6-10/h9-10H,1-8H2,(H,15,16). The molecule has 2 rings (SSSR count). The van der Waals surface area contributed by atoms with Crippen molar-refractivity contribution in [2.24, 2.45) is 0 Å². The lowest BCUT2D eigenvalue weighted by atomic mass is 10.1. The maximum Gasteiger partial charge on any atom is 0.329 e. The van der Waals surface area contributed by atoms with Crippen molar-refractivity contribution in [2.45, 2.75) is 25.0 Å². The molecule has 2 aliphatic rings. The molecule has 0 atom stereocenters. The molecule has 0 spiro atoms. The minimum Gasteiger partial charge on any atom is -0.480 e. The van der Waals surface area contributed by atoms with Crippen molar-refractivity contribution in [3.05, 3.63) is 0 Å². The zero-order valence-corrected chi connectivity index (χ0v) is 10.7. The van der Waals surface area contributed by atoms with E-state index in [2.05, 4.69) is 0 Å². The molecule has 2 heterocycles. The highest BCUT2D eigenvalue weighted by Gasteiger charge is 2.28. The van der Waals surface area contributed by atoms with Gasteiger partial charge in [0.15, 0.2) is 0 Å². The van der Waals surface area contributed by atoms with Crippen LogP contribution < -0.4 is 0 Å². The zero-order chi connectivity index (χ0) is 13.7. The van der Waals surface area contributed by atoms with Crippen LogP contribution in [0.1, 0.15) is 12.8 Å². The number of rotatable bonds is 6. The topological polar surface area (TPSA) is 85.3 Å². The smallest absolute Gasteiger partial charge is 0.329 e. The normalized spacial score (nSPS) is 21.2. The largest absolute Gasteiger partial charge is 0.480 e. The van der Waals surface area contributed by atoms with Gasteiger partial charge in [0.2, 0.25) is 5.91 Å². The van der Waals surface area contributed by atoms with Gasteiger partial charge in [-0.1, -0.05) is 0 Å². The average Bonchev–Trinajstić information content (AvgIpc) is 2.34. The summed E-state index contributed by atoms with van der Waals surface area (Å²) in [5.41, 5.74) is 0. The summed E-state index contributed by atoms with van der Waals surface area (Å²) in [5.74, 6) is -1.23. The fourth-order valence-corrected chi connectivity index (χ4v) is 2.12. The van der Waals surface area contributed by atoms with E-state index < -0.39 is 12.6 Å². The first kappa shape index (κ1) is 14.2. The summed E-state index contributed by atoms with van der Waals surface area (Å²) < 4.78 is 15.6. The third-order valence-electron chi connectivity index (χ3n) is 3.24. The molecule has 0 aromatic carbocycles. The van der Waals surface area contributed by atoms with Gasteiger partial charge in [-0.05, 0) is 12.8 Å². The van der Waals surface area contributed by atoms with E-state index in [0.29, 0.717) is 26.3 Å². The molecule has 1 amide bonds. The minimum atomic E-state index is -1.07. The summed E-state index contributed by atoms with van der Waals surface area (Å²) in [5, 5.41) is 8.41. The van der Waals surface area contributed by atoms with Crippen molar-refractivity contribution >= 4 is 11.9 Å². The van der Waals surface area contributed by atoms with Crippen LogP contribution in [0.5, 0.6) is 0 Å². The number of hydrogen-bond donors (Lipinski definition) is 1. The molecule has 0 aliphatic carbocycles. The van der Waals surface area contributed by atoms with Crippen LogP contribution in [0.4, 0.5) is 0 Å². The number of hydrogen-bond acceptors (Lipinski definition) is 5. The van der Waals surface area contributed by atoms with E-state index in [9.17, 15) is 9.59 Å². The fraction of sp³-hybridized carbons (Fsp3) is 0.833. The van der Waals surface area contributed by atoms with Crippen LogP contribution in [0.25, 0.3) is 0 Å². The molecule has 2 fully saturated rings. The Balaban J connectivity index is 1.61. The van der Waals surface area contributed by atoms with Crippen molar-refractivity contribution in [1.29, 1.82) is 0 Å². The van der Waals surface area contributed by atoms with E-state index >= 15 is 0 Å². The van der Waals surface area contributed by atoms with Crippen LogP contribution in [-0.4, -0.2) is 73.6 Å². The van der Waals surface area contributed by atoms with Crippen molar-refractivity contribution in [2.75, 3.05) is 39.5 Å². The number of carboxylic acids is 1. The van der Waals surface area contributed by atoms with Gasteiger partial charge in [0.25, 0.3) is 0 Å². The Labute approximate surface area is 111 Å². The predicted octanol–water partition coefficient (Wildman–Crippen LogP) is -0.506. The van der Waals surface area contributed by atoms with Gasteiger partial charge >= 0.3 is 5.97 Å². The molecule has 0 radical (unpaired) electrons. The van der Waals surface area contributed by atoms with Gasteiger partial charge in [0, 0.05) is 13.1 Å². The molecule has 0 unspecified atom stereocenters. The lowest BCUT2D eigenvalue weighted by molar-refractivity contribution is -0.166. The molecule has 0 aromatic heterocycles. The summed E-state index contributed by atoms with van der Waals surface area (Å²) in [6, 6.07) is 0. The Bertz CT molecular complexity index is 322. The van der Waals surface area contributed by atoms with Gasteiger partial charge in [-0.15, -0.1) is 0 Å². The average molecular weight is 273 g/mol. The lowest BCUT2D eigenvalue weighted by Crippen LogP contribution is -2.46. The molecule has 19 heavy (non-hydrogen) atoms. The van der Waals surface area contributed by atoms with Crippen LogP contribution in [-0.2, 0) is 23.8 Å². The first-order valence-corrected chi connectivity index (χ1v) is 6.45. The van der Waals surface area contributed by atoms with Crippen LogP contribution in [0.3, 0.4) is 0 Å². The molecule has 7 nitrogen and oxygen atoms in total. The summed E-state index contributed by atoms with van der Waals surface area (Å²) in [7, 11) is 0. The Morgan fingerprint density at radius 3 is 2.37 bits per heavy atom. The Kier molecular flexibility index (Phi) is 5.12. The van der Waals surface area contributed by atoms with Gasteiger partial charge < -0.3 is 24.2 Å². The van der Waals surface area contributed by atoms with Crippen LogP contribution >= 0.6 is 0 Å². The number of nitrogens with zero attached hydrogens (tertiary/aromatic N) is 1. The SMILES string of the molecule is O=C(O)COCC(=O)N1CCC(OC2COC2)CC1. The first-order valence-electron chi connectivity index (χ1n) is 6.45. The van der Waals surface area contributed by atoms with E-state index in [-0.39, 0.29) is 24.7 Å². The van der Waals surface area contributed by atoms with Gasteiger partial charge in [-0.3, -0.25) is 4.79 Å². The number of aliphatic carboxylic acids is 1. The summed E-state index contributed by atoms with van der Waals surface area (Å²) in [4.78, 5) is 23.7. The Morgan fingerprint density at radius 2 is 1.84 bits per heavy atom. The monoisotopic (exact) mass is 273 g/mol. The number of carbonyl (C=O) groups is 2. The quantitative estimate of drug-likeness (QED) is 0.702. The highest BCUT2D eigenvalue weighted by atomic mass is 16.6. The number of carbonyl (C=O) groups excluding carboxylic acids is 1. The maximum atomic E-state index is 11.7. The van der Waals surface area contributed by atoms with Crippen molar-refractivity contribution in [3.63, 3.8) is 0 Å². The van der Waals surface area contributed by atoms with Crippen molar-refractivity contribution < 1.29 is 28.9 Å². The number of ether oxygens (including phenoxy) is 3. The third kappa shape index (κ3) is 4.45. The summed E-state index contributed by atoms with van der Waals surface area (Å²) >= 11 is 0. The van der Waals surface area contributed by atoms with Gasteiger partial charge in [-0.2, -0.15) is 0 Å². The second kappa shape index (κ2) is 6.83. The zero-order valence-electron chi connectivity index (χ0n) is 10.7. The third-order valence-corrected chi connectivity index (χ3v) is 3.24. The number of likely N-dealkylation sites (tertiary alicyclic amines) is 1. The number of carboxylic acid groups (broad SMARTS) is 1. The van der Waals surface area contributed by atoms with E-state index in [0.717, 1.165) is 12.8 Å². The van der Waals surface area contributed by atoms with Crippen LogP contribution in [0.2, 0.25) is 0 Å². The molecule has 2 saturated heterocycles. The number of amides is 1. The molecule has 1 N–H and O–H groups in total. The van der Waals surface area contributed by atoms with Crippen molar-refractivity contribution in [1.82, 2.24) is 4.90 Å². The molecule has 108 valence electrons. The second-order valence-corrected chi connectivity index (χ2v) is 4.76. The molecular weight excluding hydrogens is 254 g/mol. The molecule has 7 heteroatoms. The molecular formula is C12H19NO6. The number of piperidine rings is 1. The van der Waals surface area contributed by atoms with Gasteiger partial charge in [-0.25, -0.2) is 4.79 Å². The Morgan fingerprint density at radius 1 is 1.16 bits per heavy atom. The van der Waals surface area contributed by atoms with Crippen LogP contribution in [0, 0.1) is 0 Å². The van der Waals surface area contributed by atoms with Gasteiger partial charge in [0.1, 0.15) is 19.3 Å². The first-order chi connectivity index (χ1) is 9.15. The predicted molar refractivity (Wildman–Crippen MR) is 63.7 cm³/mol. The van der Waals surface area contributed by atoms with E-state index in [1.165, 1.54) is 0 Å². The second-order valence-electron chi connectivity index (χ2n) is 4.76. The maximum absolute atomic E-state index is 11.7. The van der Waals surface area contributed by atoms with Crippen molar-refractivity contribution in [3.8, 4) is 0 Å². The van der Waals surface area contributed by atoms with E-state index in [1.54, 1.807) is 4.90 Å². The minimum absolute atomic E-state index is 0.160. The molecule has 0 saturated carbocycles. The summed E-state index contributed by atoms with van der Waals surface area (Å²) in [6.07, 6.45) is 2.02.